The van der Waals surface area contributed by atoms with Gasteiger partial charge in [0.25, 0.3) is 0 Å². The van der Waals surface area contributed by atoms with Gasteiger partial charge in [0.1, 0.15) is 0 Å². The Bertz CT molecular complexity index is 346. The second kappa shape index (κ2) is 5.34. The molecule has 1 aromatic rings. The van der Waals surface area contributed by atoms with E-state index in [0.717, 1.165) is 0 Å². The van der Waals surface area contributed by atoms with Crippen LogP contribution in [0.3, 0.4) is 0 Å². The summed E-state index contributed by atoms with van der Waals surface area (Å²) in [6.07, 6.45) is 7.40. The zero-order chi connectivity index (χ0) is 12.3. The number of hydrogen-bond acceptors (Lipinski definition) is 2. The normalized spacial score (nSPS) is 20.2. The number of thioether (sulfide) groups is 1. The Labute approximate surface area is 109 Å². The fourth-order valence-electron chi connectivity index (χ4n) is 2.47. The van der Waals surface area contributed by atoms with Gasteiger partial charge in [-0.05, 0) is 61.6 Å². The minimum Gasteiger partial charge on any atom is -0.382 e. The maximum atomic E-state index is 3.66. The van der Waals surface area contributed by atoms with Crippen LogP contribution in [0.2, 0.25) is 0 Å². The van der Waals surface area contributed by atoms with E-state index >= 15 is 0 Å². The quantitative estimate of drug-likeness (QED) is 0.773. The fraction of sp³-hybridized carbons (Fsp3) is 0.600. The predicted octanol–water partition coefficient (Wildman–Crippen LogP) is 4.79. The molecule has 0 amide bonds. The van der Waals surface area contributed by atoms with Crippen LogP contribution in [0.4, 0.5) is 5.69 Å². The first-order valence-corrected chi connectivity index (χ1v) is 7.72. The van der Waals surface area contributed by atoms with Gasteiger partial charge < -0.3 is 5.32 Å². The molecule has 0 spiro atoms. The second-order valence-corrected chi connectivity index (χ2v) is 6.69. The highest BCUT2D eigenvalue weighted by molar-refractivity contribution is 7.98. The topological polar surface area (TPSA) is 12.0 Å². The average molecular weight is 249 g/mol. The minimum absolute atomic E-state index is 0.556. The van der Waals surface area contributed by atoms with Gasteiger partial charge in [0.15, 0.2) is 0 Å². The largest absolute Gasteiger partial charge is 0.382 e. The molecule has 0 saturated heterocycles. The Morgan fingerprint density at radius 3 is 2.24 bits per heavy atom. The molecule has 1 aromatic carbocycles. The smallest absolute Gasteiger partial charge is 0.0343 e. The van der Waals surface area contributed by atoms with Gasteiger partial charge in [-0.15, -0.1) is 11.8 Å². The standard InChI is InChI=1S/C15H23NS/c1-15(2)10-8-13(9-11-15)16-12-4-6-14(17-3)7-5-12/h4-7,13,16H,8-11H2,1-3H3. The van der Waals surface area contributed by atoms with Crippen molar-refractivity contribution in [3.8, 4) is 0 Å². The molecule has 1 aliphatic rings. The molecule has 94 valence electrons. The van der Waals surface area contributed by atoms with E-state index in [-0.39, 0.29) is 0 Å². The average Bonchev–Trinajstić information content (AvgIpc) is 2.33. The highest BCUT2D eigenvalue weighted by Gasteiger charge is 2.26. The molecular weight excluding hydrogens is 226 g/mol. The van der Waals surface area contributed by atoms with Gasteiger partial charge in [-0.3, -0.25) is 0 Å². The summed E-state index contributed by atoms with van der Waals surface area (Å²) in [5, 5.41) is 3.66. The van der Waals surface area contributed by atoms with Crippen LogP contribution in [0.5, 0.6) is 0 Å². The molecule has 0 aromatic heterocycles. The summed E-state index contributed by atoms with van der Waals surface area (Å²) in [6, 6.07) is 9.46. The monoisotopic (exact) mass is 249 g/mol. The summed E-state index contributed by atoms with van der Waals surface area (Å²) < 4.78 is 0. The Hall–Kier alpha value is -0.630. The lowest BCUT2D eigenvalue weighted by Gasteiger charge is -2.35. The van der Waals surface area contributed by atoms with E-state index in [1.165, 1.54) is 36.3 Å². The first-order chi connectivity index (χ1) is 8.09. The highest BCUT2D eigenvalue weighted by Crippen LogP contribution is 2.36. The Balaban J connectivity index is 1.89. The fourth-order valence-corrected chi connectivity index (χ4v) is 2.87. The van der Waals surface area contributed by atoms with Crippen molar-refractivity contribution in [2.75, 3.05) is 11.6 Å². The lowest BCUT2D eigenvalue weighted by atomic mass is 9.75. The highest BCUT2D eigenvalue weighted by atomic mass is 32.2. The van der Waals surface area contributed by atoms with Gasteiger partial charge in [-0.2, -0.15) is 0 Å². The molecule has 0 unspecified atom stereocenters. The maximum Gasteiger partial charge on any atom is 0.0343 e. The van der Waals surface area contributed by atoms with Crippen LogP contribution in [0.1, 0.15) is 39.5 Å². The molecule has 2 heteroatoms. The molecule has 1 nitrogen and oxygen atoms in total. The number of benzene rings is 1. The van der Waals surface area contributed by atoms with Gasteiger partial charge in [0.05, 0.1) is 0 Å². The molecular formula is C15H23NS. The van der Waals surface area contributed by atoms with E-state index in [9.17, 15) is 0 Å². The zero-order valence-electron chi connectivity index (χ0n) is 11.1. The number of nitrogens with one attached hydrogen (secondary N) is 1. The van der Waals surface area contributed by atoms with Crippen molar-refractivity contribution in [1.82, 2.24) is 0 Å². The van der Waals surface area contributed by atoms with E-state index in [1.54, 1.807) is 11.8 Å². The molecule has 1 aliphatic carbocycles. The van der Waals surface area contributed by atoms with Crippen molar-refractivity contribution in [2.45, 2.75) is 50.5 Å². The zero-order valence-corrected chi connectivity index (χ0v) is 11.9. The van der Waals surface area contributed by atoms with Crippen LogP contribution in [0.15, 0.2) is 29.2 Å². The van der Waals surface area contributed by atoms with Crippen LogP contribution in [0, 0.1) is 5.41 Å². The van der Waals surface area contributed by atoms with Crippen molar-refractivity contribution in [1.29, 1.82) is 0 Å². The summed E-state index contributed by atoms with van der Waals surface area (Å²) in [4.78, 5) is 1.33. The van der Waals surface area contributed by atoms with Gasteiger partial charge in [-0.25, -0.2) is 0 Å². The van der Waals surface area contributed by atoms with E-state index in [4.69, 9.17) is 0 Å². The van der Waals surface area contributed by atoms with Gasteiger partial charge >= 0.3 is 0 Å². The molecule has 0 atom stereocenters. The first kappa shape index (κ1) is 12.8. The van der Waals surface area contributed by atoms with Gasteiger partial charge in [-0.1, -0.05) is 13.8 Å². The number of rotatable bonds is 3. The Kier molecular flexibility index (Phi) is 4.03. The van der Waals surface area contributed by atoms with Crippen molar-refractivity contribution in [2.24, 2.45) is 5.41 Å². The molecule has 1 saturated carbocycles. The molecule has 0 bridgehead atoms. The molecule has 2 rings (SSSR count). The van der Waals surface area contributed by atoms with Crippen molar-refractivity contribution in [3.05, 3.63) is 24.3 Å². The molecule has 1 N–H and O–H groups in total. The van der Waals surface area contributed by atoms with Crippen LogP contribution < -0.4 is 5.32 Å². The van der Waals surface area contributed by atoms with Crippen molar-refractivity contribution in [3.63, 3.8) is 0 Å². The summed E-state index contributed by atoms with van der Waals surface area (Å²) in [6.45, 7) is 4.77. The third kappa shape index (κ3) is 3.67. The SMILES string of the molecule is CSc1ccc(NC2CCC(C)(C)CC2)cc1. The predicted molar refractivity (Wildman–Crippen MR) is 77.9 cm³/mol. The summed E-state index contributed by atoms with van der Waals surface area (Å²) in [7, 11) is 0. The van der Waals surface area contributed by atoms with Gasteiger partial charge in [0, 0.05) is 16.6 Å². The second-order valence-electron chi connectivity index (χ2n) is 5.81. The molecule has 0 heterocycles. The van der Waals surface area contributed by atoms with Crippen molar-refractivity contribution < 1.29 is 0 Å². The van der Waals surface area contributed by atoms with Gasteiger partial charge in [0.2, 0.25) is 0 Å². The van der Waals surface area contributed by atoms with Crippen LogP contribution in [-0.4, -0.2) is 12.3 Å². The van der Waals surface area contributed by atoms with Crippen LogP contribution >= 0.6 is 11.8 Å². The van der Waals surface area contributed by atoms with E-state index in [1.807, 2.05) is 0 Å². The number of anilines is 1. The minimum atomic E-state index is 0.556. The maximum absolute atomic E-state index is 3.66. The lowest BCUT2D eigenvalue weighted by molar-refractivity contribution is 0.232. The van der Waals surface area contributed by atoms with Crippen molar-refractivity contribution >= 4 is 17.4 Å². The third-order valence-electron chi connectivity index (χ3n) is 3.80. The van der Waals surface area contributed by atoms with Crippen LogP contribution in [-0.2, 0) is 0 Å². The Morgan fingerprint density at radius 2 is 1.71 bits per heavy atom. The summed E-state index contributed by atoms with van der Waals surface area (Å²) in [5.41, 5.74) is 1.83. The molecule has 17 heavy (non-hydrogen) atoms. The summed E-state index contributed by atoms with van der Waals surface area (Å²) >= 11 is 1.80. The lowest BCUT2D eigenvalue weighted by Crippen LogP contribution is -2.29. The van der Waals surface area contributed by atoms with E-state index < -0.39 is 0 Å². The van der Waals surface area contributed by atoms with Crippen LogP contribution in [0.25, 0.3) is 0 Å². The summed E-state index contributed by atoms with van der Waals surface area (Å²) in [5.74, 6) is 0. The molecule has 0 radical (unpaired) electrons. The molecule has 1 fully saturated rings. The van der Waals surface area contributed by atoms with E-state index in [2.05, 4.69) is 49.7 Å². The number of hydrogen-bond donors (Lipinski definition) is 1. The van der Waals surface area contributed by atoms with E-state index in [0.29, 0.717) is 11.5 Å². The first-order valence-electron chi connectivity index (χ1n) is 6.50. The Morgan fingerprint density at radius 1 is 1.12 bits per heavy atom. The molecule has 0 aliphatic heterocycles. The third-order valence-corrected chi connectivity index (χ3v) is 4.54.